The van der Waals surface area contributed by atoms with Gasteiger partial charge in [0.2, 0.25) is 0 Å². The van der Waals surface area contributed by atoms with Crippen molar-refractivity contribution in [3.05, 3.63) is 58.9 Å². The highest BCUT2D eigenvalue weighted by Crippen LogP contribution is 2.21. The van der Waals surface area contributed by atoms with Crippen molar-refractivity contribution in [1.29, 1.82) is 0 Å². The van der Waals surface area contributed by atoms with Gasteiger partial charge < -0.3 is 5.32 Å². The van der Waals surface area contributed by atoms with Crippen molar-refractivity contribution >= 4 is 23.2 Å². The van der Waals surface area contributed by atoms with E-state index in [4.69, 9.17) is 11.6 Å². The summed E-state index contributed by atoms with van der Waals surface area (Å²) in [7, 11) is 0. The third-order valence-corrected chi connectivity index (χ3v) is 3.65. The van der Waals surface area contributed by atoms with Crippen LogP contribution in [0.4, 0.5) is 5.69 Å². The minimum atomic E-state index is -0.251. The van der Waals surface area contributed by atoms with Gasteiger partial charge in [-0.1, -0.05) is 37.6 Å². The number of hydrogen-bond donors (Lipinski definition) is 1. The lowest BCUT2D eigenvalue weighted by Crippen LogP contribution is -2.12. The van der Waals surface area contributed by atoms with Crippen LogP contribution in [-0.4, -0.2) is 10.9 Å². The van der Waals surface area contributed by atoms with Gasteiger partial charge in [-0.2, -0.15) is 0 Å². The van der Waals surface area contributed by atoms with Crippen molar-refractivity contribution in [2.45, 2.75) is 26.2 Å². The van der Waals surface area contributed by atoms with Crippen molar-refractivity contribution in [2.75, 3.05) is 5.32 Å². The van der Waals surface area contributed by atoms with E-state index in [1.54, 1.807) is 18.3 Å². The van der Waals surface area contributed by atoms with E-state index < -0.39 is 0 Å². The molecule has 0 aliphatic heterocycles. The molecule has 1 unspecified atom stereocenters. The highest BCUT2D eigenvalue weighted by Gasteiger charge is 2.11. The molecule has 0 saturated heterocycles. The Bertz CT molecular complexity index is 596. The summed E-state index contributed by atoms with van der Waals surface area (Å²) >= 11 is 5.90. The Kier molecular flexibility index (Phi) is 4.74. The van der Waals surface area contributed by atoms with Crippen LogP contribution in [0.5, 0.6) is 0 Å². The quantitative estimate of drug-likeness (QED) is 0.842. The first-order valence-electron chi connectivity index (χ1n) is 6.63. The molecular formula is C16H17ClN2O. The predicted molar refractivity (Wildman–Crippen MR) is 82.3 cm³/mol. The molecule has 0 bridgehead atoms. The molecule has 0 aliphatic rings. The summed E-state index contributed by atoms with van der Waals surface area (Å²) in [6, 6.07) is 11.2. The van der Waals surface area contributed by atoms with Crippen molar-refractivity contribution in [3.63, 3.8) is 0 Å². The summed E-state index contributed by atoms with van der Waals surface area (Å²) in [5, 5.41) is 3.03. The highest BCUT2D eigenvalue weighted by atomic mass is 35.5. The molecule has 0 saturated carbocycles. The molecule has 1 amide bonds. The van der Waals surface area contributed by atoms with Gasteiger partial charge >= 0.3 is 0 Å². The number of halogens is 1. The molecule has 2 rings (SSSR count). The Hall–Kier alpha value is -1.87. The first-order chi connectivity index (χ1) is 9.61. The van der Waals surface area contributed by atoms with Crippen LogP contribution in [0.2, 0.25) is 5.15 Å². The number of nitrogens with zero attached hydrogens (tertiary/aromatic N) is 1. The summed E-state index contributed by atoms with van der Waals surface area (Å²) in [4.78, 5) is 16.0. The summed E-state index contributed by atoms with van der Waals surface area (Å²) in [5.74, 6) is 0.270. The smallest absolute Gasteiger partial charge is 0.258 e. The number of rotatable bonds is 4. The second kappa shape index (κ2) is 6.53. The number of carbonyl (C=O) groups excluding carboxylic acids is 1. The van der Waals surface area contributed by atoms with Gasteiger partial charge in [-0.05, 0) is 42.2 Å². The zero-order valence-corrected chi connectivity index (χ0v) is 12.3. The van der Waals surface area contributed by atoms with Crippen LogP contribution in [-0.2, 0) is 0 Å². The SMILES string of the molecule is CCC(C)c1ccc(NC(=O)c2cccnc2Cl)cc1. The van der Waals surface area contributed by atoms with E-state index in [9.17, 15) is 4.79 Å². The fraction of sp³-hybridized carbons (Fsp3) is 0.250. The molecule has 0 spiro atoms. The minimum absolute atomic E-state index is 0.209. The predicted octanol–water partition coefficient (Wildman–Crippen LogP) is 4.50. The molecule has 1 atom stereocenters. The number of pyridine rings is 1. The number of nitrogens with one attached hydrogen (secondary N) is 1. The normalized spacial score (nSPS) is 11.9. The second-order valence-corrected chi connectivity index (χ2v) is 5.09. The largest absolute Gasteiger partial charge is 0.322 e. The molecule has 20 heavy (non-hydrogen) atoms. The van der Waals surface area contributed by atoms with E-state index in [-0.39, 0.29) is 11.1 Å². The summed E-state index contributed by atoms with van der Waals surface area (Å²) in [5.41, 5.74) is 2.40. The van der Waals surface area contributed by atoms with Gasteiger partial charge in [0, 0.05) is 11.9 Å². The molecule has 1 heterocycles. The Morgan fingerprint density at radius 3 is 2.60 bits per heavy atom. The second-order valence-electron chi connectivity index (χ2n) is 4.73. The van der Waals surface area contributed by atoms with Crippen molar-refractivity contribution in [2.24, 2.45) is 0 Å². The van der Waals surface area contributed by atoms with Gasteiger partial charge in [0.25, 0.3) is 5.91 Å². The maximum atomic E-state index is 12.1. The fourth-order valence-corrected chi connectivity index (χ4v) is 2.09. The number of aromatic nitrogens is 1. The van der Waals surface area contributed by atoms with Crippen molar-refractivity contribution < 1.29 is 4.79 Å². The van der Waals surface area contributed by atoms with Crippen molar-refractivity contribution in [3.8, 4) is 0 Å². The van der Waals surface area contributed by atoms with Crippen LogP contribution in [0.3, 0.4) is 0 Å². The Morgan fingerprint density at radius 2 is 2.00 bits per heavy atom. The first-order valence-corrected chi connectivity index (χ1v) is 7.01. The topological polar surface area (TPSA) is 42.0 Å². The van der Waals surface area contributed by atoms with Gasteiger partial charge in [0.15, 0.2) is 0 Å². The van der Waals surface area contributed by atoms with Gasteiger partial charge in [-0.25, -0.2) is 4.98 Å². The van der Waals surface area contributed by atoms with E-state index in [0.29, 0.717) is 11.5 Å². The number of carbonyl (C=O) groups is 1. The van der Waals surface area contributed by atoms with Gasteiger partial charge in [0.05, 0.1) is 5.56 Å². The lowest BCUT2D eigenvalue weighted by molar-refractivity contribution is 0.102. The van der Waals surface area contributed by atoms with E-state index >= 15 is 0 Å². The van der Waals surface area contributed by atoms with Crippen LogP contribution in [0.15, 0.2) is 42.6 Å². The minimum Gasteiger partial charge on any atom is -0.322 e. The molecule has 0 aliphatic carbocycles. The van der Waals surface area contributed by atoms with Gasteiger partial charge in [-0.15, -0.1) is 0 Å². The Balaban J connectivity index is 2.11. The molecule has 3 nitrogen and oxygen atoms in total. The van der Waals surface area contributed by atoms with Crippen LogP contribution < -0.4 is 5.32 Å². The van der Waals surface area contributed by atoms with Crippen LogP contribution in [0.25, 0.3) is 0 Å². The monoisotopic (exact) mass is 288 g/mol. The van der Waals surface area contributed by atoms with Crippen molar-refractivity contribution in [1.82, 2.24) is 4.98 Å². The number of amides is 1. The maximum absolute atomic E-state index is 12.1. The first kappa shape index (κ1) is 14.5. The average Bonchev–Trinajstić information content (AvgIpc) is 2.47. The third-order valence-electron chi connectivity index (χ3n) is 3.35. The average molecular weight is 289 g/mol. The number of benzene rings is 1. The van der Waals surface area contributed by atoms with E-state index in [2.05, 4.69) is 24.1 Å². The molecule has 104 valence electrons. The zero-order chi connectivity index (χ0) is 14.5. The highest BCUT2D eigenvalue weighted by molar-refractivity contribution is 6.33. The Labute approximate surface area is 124 Å². The number of hydrogen-bond acceptors (Lipinski definition) is 2. The lowest BCUT2D eigenvalue weighted by Gasteiger charge is -2.10. The molecule has 0 radical (unpaired) electrons. The molecule has 1 aromatic heterocycles. The molecular weight excluding hydrogens is 272 g/mol. The maximum Gasteiger partial charge on any atom is 0.258 e. The summed E-state index contributed by atoms with van der Waals surface area (Å²) in [6.07, 6.45) is 2.65. The van der Waals surface area contributed by atoms with Crippen LogP contribution >= 0.6 is 11.6 Å². The fourth-order valence-electron chi connectivity index (χ4n) is 1.88. The van der Waals surface area contributed by atoms with E-state index in [1.807, 2.05) is 24.3 Å². The van der Waals surface area contributed by atoms with Gasteiger partial charge in [-0.3, -0.25) is 4.79 Å². The van der Waals surface area contributed by atoms with Gasteiger partial charge in [0.1, 0.15) is 5.15 Å². The molecule has 1 N–H and O–H groups in total. The van der Waals surface area contributed by atoms with E-state index in [1.165, 1.54) is 5.56 Å². The standard InChI is InChI=1S/C16H17ClN2O/c1-3-11(2)12-6-8-13(9-7-12)19-16(20)14-5-4-10-18-15(14)17/h4-11H,3H2,1-2H3,(H,19,20). The summed E-state index contributed by atoms with van der Waals surface area (Å²) in [6.45, 7) is 4.34. The molecule has 4 heteroatoms. The number of anilines is 1. The zero-order valence-electron chi connectivity index (χ0n) is 11.6. The molecule has 2 aromatic rings. The van der Waals surface area contributed by atoms with E-state index in [0.717, 1.165) is 12.1 Å². The Morgan fingerprint density at radius 1 is 1.30 bits per heavy atom. The van der Waals surface area contributed by atoms with Crippen LogP contribution in [0.1, 0.15) is 42.1 Å². The van der Waals surface area contributed by atoms with Crippen LogP contribution in [0, 0.1) is 0 Å². The molecule has 0 fully saturated rings. The molecule has 1 aromatic carbocycles. The lowest BCUT2D eigenvalue weighted by atomic mass is 9.98. The third kappa shape index (κ3) is 3.36. The summed E-state index contributed by atoms with van der Waals surface area (Å²) < 4.78 is 0.